The van der Waals surface area contributed by atoms with Gasteiger partial charge in [-0.1, -0.05) is 29.8 Å². The van der Waals surface area contributed by atoms with Gasteiger partial charge >= 0.3 is 0 Å². The van der Waals surface area contributed by atoms with E-state index in [0.717, 1.165) is 18.5 Å². The van der Waals surface area contributed by atoms with E-state index in [1.807, 2.05) is 18.7 Å². The van der Waals surface area contributed by atoms with Crippen molar-refractivity contribution in [2.45, 2.75) is 38.9 Å². The van der Waals surface area contributed by atoms with Gasteiger partial charge in [0.05, 0.1) is 6.61 Å². The van der Waals surface area contributed by atoms with E-state index < -0.39 is 6.04 Å². The van der Waals surface area contributed by atoms with Gasteiger partial charge in [0, 0.05) is 19.1 Å². The third-order valence-electron chi connectivity index (χ3n) is 3.60. The van der Waals surface area contributed by atoms with Gasteiger partial charge in [-0.25, -0.2) is 0 Å². The Kier molecular flexibility index (Phi) is 4.56. The van der Waals surface area contributed by atoms with E-state index in [1.54, 1.807) is 0 Å². The van der Waals surface area contributed by atoms with Crippen molar-refractivity contribution in [3.63, 3.8) is 0 Å². The minimum absolute atomic E-state index is 0.00701. The van der Waals surface area contributed by atoms with Crippen LogP contribution in [0.25, 0.3) is 0 Å². The van der Waals surface area contributed by atoms with Crippen molar-refractivity contribution < 1.29 is 9.90 Å². The summed E-state index contributed by atoms with van der Waals surface area (Å²) >= 11 is 0. The highest BCUT2D eigenvalue weighted by atomic mass is 16.3. The first-order valence-corrected chi connectivity index (χ1v) is 6.81. The standard InChI is InChI=1S/C15H22N2O2/c1-11-3-5-13(6-4-11)9-17-8-7-12(2)16-14(10-18)15(17)19/h3-6,12,14,16,18H,7-10H2,1-2H3. The lowest BCUT2D eigenvalue weighted by Crippen LogP contribution is -2.47. The average Bonchev–Trinajstić information content (AvgIpc) is 2.54. The molecule has 0 aliphatic carbocycles. The Labute approximate surface area is 114 Å². The molecule has 1 aliphatic heterocycles. The van der Waals surface area contributed by atoms with E-state index in [2.05, 4.69) is 29.6 Å². The van der Waals surface area contributed by atoms with Crippen LogP contribution in [0.5, 0.6) is 0 Å². The Hall–Kier alpha value is -1.39. The van der Waals surface area contributed by atoms with Crippen molar-refractivity contribution in [1.82, 2.24) is 10.2 Å². The van der Waals surface area contributed by atoms with Gasteiger partial charge in [0.2, 0.25) is 5.91 Å². The molecule has 0 saturated carbocycles. The van der Waals surface area contributed by atoms with Gasteiger partial charge < -0.3 is 15.3 Å². The second-order valence-corrected chi connectivity index (χ2v) is 5.34. The maximum atomic E-state index is 12.3. The summed E-state index contributed by atoms with van der Waals surface area (Å²) in [6, 6.07) is 8.01. The summed E-state index contributed by atoms with van der Waals surface area (Å²) in [6.45, 7) is 5.30. The molecule has 1 amide bonds. The molecule has 2 unspecified atom stereocenters. The smallest absolute Gasteiger partial charge is 0.242 e. The first-order valence-electron chi connectivity index (χ1n) is 6.81. The zero-order chi connectivity index (χ0) is 13.8. The van der Waals surface area contributed by atoms with Gasteiger partial charge in [-0.3, -0.25) is 4.79 Å². The van der Waals surface area contributed by atoms with Gasteiger partial charge in [0.1, 0.15) is 6.04 Å². The van der Waals surface area contributed by atoms with Crippen molar-refractivity contribution in [3.8, 4) is 0 Å². The molecule has 2 rings (SSSR count). The molecule has 2 atom stereocenters. The summed E-state index contributed by atoms with van der Waals surface area (Å²) < 4.78 is 0. The molecule has 0 bridgehead atoms. The molecule has 1 aromatic rings. The van der Waals surface area contributed by atoms with E-state index in [9.17, 15) is 9.90 Å². The fraction of sp³-hybridized carbons (Fsp3) is 0.533. The number of rotatable bonds is 3. The maximum absolute atomic E-state index is 12.3. The average molecular weight is 262 g/mol. The van der Waals surface area contributed by atoms with Crippen LogP contribution in [0.3, 0.4) is 0 Å². The third-order valence-corrected chi connectivity index (χ3v) is 3.60. The highest BCUT2D eigenvalue weighted by Crippen LogP contribution is 2.12. The van der Waals surface area contributed by atoms with Crippen LogP contribution in [0.4, 0.5) is 0 Å². The molecule has 19 heavy (non-hydrogen) atoms. The van der Waals surface area contributed by atoms with E-state index in [-0.39, 0.29) is 18.6 Å². The molecule has 1 aromatic carbocycles. The number of aryl methyl sites for hydroxylation is 1. The number of hydrogen-bond donors (Lipinski definition) is 2. The van der Waals surface area contributed by atoms with E-state index >= 15 is 0 Å². The molecule has 4 heteroatoms. The summed E-state index contributed by atoms with van der Waals surface area (Å²) in [6.07, 6.45) is 0.911. The molecule has 104 valence electrons. The van der Waals surface area contributed by atoms with Gasteiger partial charge in [0.25, 0.3) is 0 Å². The van der Waals surface area contributed by atoms with Gasteiger partial charge in [0.15, 0.2) is 0 Å². The number of benzene rings is 1. The van der Waals surface area contributed by atoms with Crippen molar-refractivity contribution in [1.29, 1.82) is 0 Å². The molecular formula is C15H22N2O2. The predicted octanol–water partition coefficient (Wildman–Crippen LogP) is 1.07. The Morgan fingerprint density at radius 2 is 2.05 bits per heavy atom. The number of amides is 1. The lowest BCUT2D eigenvalue weighted by molar-refractivity contribution is -0.134. The highest BCUT2D eigenvalue weighted by Gasteiger charge is 2.28. The number of aliphatic hydroxyl groups is 1. The molecule has 0 aromatic heterocycles. The van der Waals surface area contributed by atoms with Crippen molar-refractivity contribution in [2.24, 2.45) is 0 Å². The lowest BCUT2D eigenvalue weighted by atomic mass is 10.1. The first kappa shape index (κ1) is 14.0. The molecule has 1 saturated heterocycles. The highest BCUT2D eigenvalue weighted by molar-refractivity contribution is 5.82. The molecule has 1 fully saturated rings. The van der Waals surface area contributed by atoms with Crippen molar-refractivity contribution in [3.05, 3.63) is 35.4 Å². The number of carbonyl (C=O) groups is 1. The van der Waals surface area contributed by atoms with Crippen LogP contribution in [-0.4, -0.2) is 41.1 Å². The largest absolute Gasteiger partial charge is 0.394 e. The second kappa shape index (κ2) is 6.17. The van der Waals surface area contributed by atoms with Crippen LogP contribution >= 0.6 is 0 Å². The third kappa shape index (κ3) is 3.55. The maximum Gasteiger partial charge on any atom is 0.242 e. The normalized spacial score (nSPS) is 24.4. The molecule has 1 aliphatic rings. The molecular weight excluding hydrogens is 240 g/mol. The SMILES string of the molecule is Cc1ccc(CN2CCC(C)NC(CO)C2=O)cc1. The van der Waals surface area contributed by atoms with E-state index in [0.29, 0.717) is 6.54 Å². The molecule has 4 nitrogen and oxygen atoms in total. The van der Waals surface area contributed by atoms with E-state index in [1.165, 1.54) is 5.56 Å². The Balaban J connectivity index is 2.09. The lowest BCUT2D eigenvalue weighted by Gasteiger charge is -2.23. The molecule has 1 heterocycles. The van der Waals surface area contributed by atoms with Gasteiger partial charge in [-0.2, -0.15) is 0 Å². The summed E-state index contributed by atoms with van der Waals surface area (Å²) in [5, 5.41) is 12.5. The van der Waals surface area contributed by atoms with Crippen molar-refractivity contribution >= 4 is 5.91 Å². The summed E-state index contributed by atoms with van der Waals surface area (Å²) in [5.74, 6) is -0.00701. The number of hydrogen-bond acceptors (Lipinski definition) is 3. The van der Waals surface area contributed by atoms with Crippen molar-refractivity contribution in [2.75, 3.05) is 13.2 Å². The fourth-order valence-electron chi connectivity index (χ4n) is 2.38. The number of nitrogens with one attached hydrogen (secondary N) is 1. The second-order valence-electron chi connectivity index (χ2n) is 5.34. The molecule has 2 N–H and O–H groups in total. The summed E-state index contributed by atoms with van der Waals surface area (Å²) in [4.78, 5) is 14.1. The van der Waals surface area contributed by atoms with Gasteiger partial charge in [-0.15, -0.1) is 0 Å². The zero-order valence-corrected chi connectivity index (χ0v) is 11.6. The van der Waals surface area contributed by atoms with Crippen LogP contribution in [0.15, 0.2) is 24.3 Å². The minimum Gasteiger partial charge on any atom is -0.394 e. The Morgan fingerprint density at radius 1 is 1.37 bits per heavy atom. The minimum atomic E-state index is -0.469. The van der Waals surface area contributed by atoms with Crippen LogP contribution < -0.4 is 5.32 Å². The predicted molar refractivity (Wildman–Crippen MR) is 74.7 cm³/mol. The van der Waals surface area contributed by atoms with Gasteiger partial charge in [-0.05, 0) is 25.8 Å². The quantitative estimate of drug-likeness (QED) is 0.856. The number of aliphatic hydroxyl groups excluding tert-OH is 1. The topological polar surface area (TPSA) is 52.6 Å². The first-order chi connectivity index (χ1) is 9.10. The molecule has 0 radical (unpaired) electrons. The van der Waals surface area contributed by atoms with Crippen LogP contribution in [0.1, 0.15) is 24.5 Å². The fourth-order valence-corrected chi connectivity index (χ4v) is 2.38. The Bertz CT molecular complexity index is 430. The monoisotopic (exact) mass is 262 g/mol. The van der Waals surface area contributed by atoms with Crippen LogP contribution in [0, 0.1) is 6.92 Å². The summed E-state index contributed by atoms with van der Waals surface area (Å²) in [7, 11) is 0. The molecule has 0 spiro atoms. The van der Waals surface area contributed by atoms with Crippen LogP contribution in [0.2, 0.25) is 0 Å². The van der Waals surface area contributed by atoms with Crippen LogP contribution in [-0.2, 0) is 11.3 Å². The Morgan fingerprint density at radius 3 is 2.68 bits per heavy atom. The number of nitrogens with zero attached hydrogens (tertiary/aromatic N) is 1. The summed E-state index contributed by atoms with van der Waals surface area (Å²) in [5.41, 5.74) is 2.35. The van der Waals surface area contributed by atoms with E-state index in [4.69, 9.17) is 0 Å². The zero-order valence-electron chi connectivity index (χ0n) is 11.6. The number of carbonyl (C=O) groups excluding carboxylic acids is 1.